The first-order valence-corrected chi connectivity index (χ1v) is 7.65. The molecule has 2 rings (SSSR count). The van der Waals surface area contributed by atoms with Crippen LogP contribution in [0.1, 0.15) is 36.9 Å². The molecule has 0 aliphatic carbocycles. The van der Waals surface area contributed by atoms with Crippen LogP contribution in [-0.4, -0.2) is 36.5 Å². The number of benzene rings is 1. The molecule has 0 aromatic heterocycles. The van der Waals surface area contributed by atoms with Gasteiger partial charge in [0.15, 0.2) is 0 Å². The molecule has 5 heteroatoms. The average molecular weight is 291 g/mol. The molecule has 0 radical (unpaired) electrons. The van der Waals surface area contributed by atoms with Crippen molar-refractivity contribution in [1.29, 1.82) is 0 Å². The number of piperidine rings is 1. The number of nitro groups is 1. The first-order chi connectivity index (χ1) is 9.99. The highest BCUT2D eigenvalue weighted by molar-refractivity contribution is 5.43. The van der Waals surface area contributed by atoms with E-state index < -0.39 is 0 Å². The Balaban J connectivity index is 2.06. The maximum absolute atomic E-state index is 11.1. The molecule has 116 valence electrons. The zero-order chi connectivity index (χ0) is 15.4. The van der Waals surface area contributed by atoms with Crippen LogP contribution in [0.5, 0.6) is 0 Å². The first kappa shape index (κ1) is 15.9. The predicted octanol–water partition coefficient (Wildman–Crippen LogP) is 2.90. The third-order valence-electron chi connectivity index (χ3n) is 4.52. The number of nitrogens with one attached hydrogen (secondary N) is 1. The van der Waals surface area contributed by atoms with E-state index in [0.717, 1.165) is 30.8 Å². The van der Waals surface area contributed by atoms with Gasteiger partial charge in [-0.1, -0.05) is 12.1 Å². The summed E-state index contributed by atoms with van der Waals surface area (Å²) in [7, 11) is 2.10. The normalized spacial score (nSPS) is 20.5. The summed E-state index contributed by atoms with van der Waals surface area (Å²) in [6.45, 7) is 7.12. The Morgan fingerprint density at radius 3 is 2.90 bits per heavy atom. The summed E-state index contributed by atoms with van der Waals surface area (Å²) in [6, 6.07) is 5.75. The quantitative estimate of drug-likeness (QED) is 0.669. The average Bonchev–Trinajstić information content (AvgIpc) is 2.47. The van der Waals surface area contributed by atoms with Gasteiger partial charge in [0.1, 0.15) is 0 Å². The third kappa shape index (κ3) is 4.02. The monoisotopic (exact) mass is 291 g/mol. The van der Waals surface area contributed by atoms with Crippen molar-refractivity contribution in [3.05, 3.63) is 39.4 Å². The lowest BCUT2D eigenvalue weighted by molar-refractivity contribution is -0.385. The molecule has 0 saturated carbocycles. The maximum atomic E-state index is 11.1. The summed E-state index contributed by atoms with van der Waals surface area (Å²) in [4.78, 5) is 13.1. The van der Waals surface area contributed by atoms with Crippen LogP contribution in [0, 0.1) is 23.0 Å². The Labute approximate surface area is 126 Å². The SMILES string of the molecule is Cc1ccc(C(C)N(C)CC2CCCNC2)cc1[N+](=O)[O-]. The van der Waals surface area contributed by atoms with Crippen molar-refractivity contribution in [3.63, 3.8) is 0 Å². The van der Waals surface area contributed by atoms with E-state index in [1.807, 2.05) is 12.1 Å². The van der Waals surface area contributed by atoms with Crippen molar-refractivity contribution in [2.75, 3.05) is 26.7 Å². The number of aryl methyl sites for hydroxylation is 1. The highest BCUT2D eigenvalue weighted by Crippen LogP contribution is 2.27. The summed E-state index contributed by atoms with van der Waals surface area (Å²) in [5.41, 5.74) is 1.95. The minimum absolute atomic E-state index is 0.186. The summed E-state index contributed by atoms with van der Waals surface area (Å²) in [5, 5.41) is 14.5. The number of nitro benzene ring substituents is 1. The van der Waals surface area contributed by atoms with Gasteiger partial charge in [0.25, 0.3) is 5.69 Å². The van der Waals surface area contributed by atoms with Gasteiger partial charge in [-0.25, -0.2) is 0 Å². The molecule has 0 bridgehead atoms. The first-order valence-electron chi connectivity index (χ1n) is 7.65. The van der Waals surface area contributed by atoms with Crippen molar-refractivity contribution in [2.24, 2.45) is 5.92 Å². The molecule has 2 atom stereocenters. The molecular weight excluding hydrogens is 266 g/mol. The smallest absolute Gasteiger partial charge is 0.272 e. The fourth-order valence-electron chi connectivity index (χ4n) is 2.98. The topological polar surface area (TPSA) is 58.4 Å². The highest BCUT2D eigenvalue weighted by atomic mass is 16.6. The van der Waals surface area contributed by atoms with Crippen LogP contribution in [0.25, 0.3) is 0 Å². The zero-order valence-corrected chi connectivity index (χ0v) is 13.1. The van der Waals surface area contributed by atoms with Crippen LogP contribution >= 0.6 is 0 Å². The molecule has 5 nitrogen and oxygen atoms in total. The van der Waals surface area contributed by atoms with Gasteiger partial charge in [0, 0.05) is 24.2 Å². The number of hydrogen-bond donors (Lipinski definition) is 1. The largest absolute Gasteiger partial charge is 0.316 e. The van der Waals surface area contributed by atoms with Crippen LogP contribution in [0.15, 0.2) is 18.2 Å². The van der Waals surface area contributed by atoms with E-state index in [1.54, 1.807) is 13.0 Å². The Morgan fingerprint density at radius 1 is 1.52 bits per heavy atom. The Morgan fingerprint density at radius 2 is 2.29 bits per heavy atom. The Kier molecular flexibility index (Phi) is 5.31. The molecule has 1 N–H and O–H groups in total. The third-order valence-corrected chi connectivity index (χ3v) is 4.52. The molecule has 1 aromatic carbocycles. The van der Waals surface area contributed by atoms with Crippen molar-refractivity contribution in [2.45, 2.75) is 32.7 Å². The summed E-state index contributed by atoms with van der Waals surface area (Å²) in [5.74, 6) is 0.673. The standard InChI is InChI=1S/C16H25N3O2/c1-12-6-7-15(9-16(12)19(20)21)13(2)18(3)11-14-5-4-8-17-10-14/h6-7,9,13-14,17H,4-5,8,10-11H2,1-3H3. The minimum atomic E-state index is -0.295. The van der Waals surface area contributed by atoms with Crippen molar-refractivity contribution >= 4 is 5.69 Å². The molecule has 1 saturated heterocycles. The van der Waals surface area contributed by atoms with E-state index in [4.69, 9.17) is 0 Å². The van der Waals surface area contributed by atoms with Gasteiger partial charge in [-0.3, -0.25) is 15.0 Å². The molecule has 1 aliphatic rings. The van der Waals surface area contributed by atoms with E-state index in [2.05, 4.69) is 24.2 Å². The van der Waals surface area contributed by atoms with Gasteiger partial charge in [-0.05, 0) is 58.3 Å². The summed E-state index contributed by atoms with van der Waals surface area (Å²) < 4.78 is 0. The van der Waals surface area contributed by atoms with Gasteiger partial charge in [-0.2, -0.15) is 0 Å². The molecule has 1 heterocycles. The van der Waals surface area contributed by atoms with Gasteiger partial charge < -0.3 is 5.32 Å². The molecule has 2 unspecified atom stereocenters. The van der Waals surface area contributed by atoms with Crippen molar-refractivity contribution in [1.82, 2.24) is 10.2 Å². The van der Waals surface area contributed by atoms with Gasteiger partial charge in [0.05, 0.1) is 4.92 Å². The maximum Gasteiger partial charge on any atom is 0.272 e. The van der Waals surface area contributed by atoms with E-state index in [0.29, 0.717) is 5.92 Å². The molecule has 1 aromatic rings. The predicted molar refractivity (Wildman–Crippen MR) is 84.5 cm³/mol. The molecule has 0 spiro atoms. The van der Waals surface area contributed by atoms with E-state index in [-0.39, 0.29) is 16.7 Å². The second-order valence-corrected chi connectivity index (χ2v) is 6.13. The Bertz CT molecular complexity index is 498. The van der Waals surface area contributed by atoms with Crippen LogP contribution in [0.2, 0.25) is 0 Å². The fourth-order valence-corrected chi connectivity index (χ4v) is 2.98. The second kappa shape index (κ2) is 7.00. The second-order valence-electron chi connectivity index (χ2n) is 6.13. The molecular formula is C16H25N3O2. The highest BCUT2D eigenvalue weighted by Gasteiger charge is 2.20. The number of nitrogens with zero attached hydrogens (tertiary/aromatic N) is 2. The van der Waals surface area contributed by atoms with Crippen LogP contribution < -0.4 is 5.32 Å². The Hall–Kier alpha value is -1.46. The van der Waals surface area contributed by atoms with E-state index in [1.165, 1.54) is 12.8 Å². The number of hydrogen-bond acceptors (Lipinski definition) is 4. The van der Waals surface area contributed by atoms with Crippen LogP contribution in [0.3, 0.4) is 0 Å². The van der Waals surface area contributed by atoms with Gasteiger partial charge in [-0.15, -0.1) is 0 Å². The van der Waals surface area contributed by atoms with Crippen LogP contribution in [0.4, 0.5) is 5.69 Å². The van der Waals surface area contributed by atoms with E-state index >= 15 is 0 Å². The zero-order valence-electron chi connectivity index (χ0n) is 13.1. The summed E-state index contributed by atoms with van der Waals surface area (Å²) in [6.07, 6.45) is 2.50. The molecule has 0 amide bonds. The molecule has 1 aliphatic heterocycles. The van der Waals surface area contributed by atoms with Crippen LogP contribution in [-0.2, 0) is 0 Å². The van der Waals surface area contributed by atoms with Crippen molar-refractivity contribution < 1.29 is 4.92 Å². The number of rotatable bonds is 5. The lowest BCUT2D eigenvalue weighted by atomic mass is 9.97. The van der Waals surface area contributed by atoms with Gasteiger partial charge in [0.2, 0.25) is 0 Å². The molecule has 21 heavy (non-hydrogen) atoms. The minimum Gasteiger partial charge on any atom is -0.316 e. The fraction of sp³-hybridized carbons (Fsp3) is 0.625. The van der Waals surface area contributed by atoms with Crippen molar-refractivity contribution in [3.8, 4) is 0 Å². The lowest BCUT2D eigenvalue weighted by Crippen LogP contribution is -2.37. The van der Waals surface area contributed by atoms with Gasteiger partial charge >= 0.3 is 0 Å². The lowest BCUT2D eigenvalue weighted by Gasteiger charge is -2.31. The molecule has 1 fully saturated rings. The summed E-state index contributed by atoms with van der Waals surface area (Å²) >= 11 is 0. The van der Waals surface area contributed by atoms with E-state index in [9.17, 15) is 10.1 Å².